The Morgan fingerprint density at radius 3 is 2.27 bits per heavy atom. The lowest BCUT2D eigenvalue weighted by molar-refractivity contribution is -0.385. The Morgan fingerprint density at radius 1 is 1.03 bits per heavy atom. The lowest BCUT2D eigenvalue weighted by Crippen LogP contribution is -2.46. The van der Waals surface area contributed by atoms with Crippen molar-refractivity contribution in [3.05, 3.63) is 63.7 Å². The number of carboxylic acids is 1. The third kappa shape index (κ3) is 4.61. The molecule has 2 aromatic carbocycles. The first-order valence-electron chi connectivity index (χ1n) is 9.55. The zero-order chi connectivity index (χ0) is 21.8. The Bertz CT molecular complexity index is 989. The molecule has 1 aliphatic rings. The van der Waals surface area contributed by atoms with Crippen molar-refractivity contribution in [3.63, 3.8) is 0 Å². The Morgan fingerprint density at radius 2 is 1.67 bits per heavy atom. The van der Waals surface area contributed by atoms with Crippen LogP contribution in [-0.4, -0.2) is 27.9 Å². The summed E-state index contributed by atoms with van der Waals surface area (Å²) in [5.41, 5.74) is -0.426. The molecule has 1 atom stereocenters. The van der Waals surface area contributed by atoms with E-state index >= 15 is 0 Å². The van der Waals surface area contributed by atoms with Crippen molar-refractivity contribution in [2.75, 3.05) is 0 Å². The van der Waals surface area contributed by atoms with E-state index in [0.717, 1.165) is 37.5 Å². The number of carboxylic acid groups (broad SMARTS) is 1. The average Bonchev–Trinajstić information content (AvgIpc) is 2.73. The number of carbonyl (C=O) groups excluding carboxylic acids is 1. The standard InChI is InChI=1S/C21H20F2N2O5/c22-16-9-7-13(10-17(16)23)14-6-8-15(18(11-14)25(29)30)20(26)24-19(21(27)28)12-4-2-1-3-5-12/h6-12,19H,1-5H2,(H,24,26)(H,27,28)/t19-/m0/s1. The highest BCUT2D eigenvalue weighted by Crippen LogP contribution is 2.30. The summed E-state index contributed by atoms with van der Waals surface area (Å²) >= 11 is 0. The van der Waals surface area contributed by atoms with Gasteiger partial charge in [-0.05, 0) is 48.1 Å². The van der Waals surface area contributed by atoms with Gasteiger partial charge < -0.3 is 10.4 Å². The molecule has 1 fully saturated rings. The number of carbonyl (C=O) groups is 2. The van der Waals surface area contributed by atoms with Gasteiger partial charge in [-0.25, -0.2) is 13.6 Å². The Kier molecular flexibility index (Phi) is 6.39. The number of nitrogens with one attached hydrogen (secondary N) is 1. The van der Waals surface area contributed by atoms with Gasteiger partial charge in [0, 0.05) is 6.07 Å². The Balaban J connectivity index is 1.90. The van der Waals surface area contributed by atoms with Crippen molar-refractivity contribution >= 4 is 17.6 Å². The van der Waals surface area contributed by atoms with E-state index in [1.165, 1.54) is 18.2 Å². The van der Waals surface area contributed by atoms with Crippen LogP contribution in [0, 0.1) is 27.7 Å². The number of rotatable bonds is 6. The fourth-order valence-corrected chi connectivity index (χ4v) is 3.80. The van der Waals surface area contributed by atoms with Gasteiger partial charge in [-0.1, -0.05) is 31.4 Å². The van der Waals surface area contributed by atoms with Crippen LogP contribution < -0.4 is 5.32 Å². The van der Waals surface area contributed by atoms with Crippen molar-refractivity contribution in [1.29, 1.82) is 0 Å². The van der Waals surface area contributed by atoms with E-state index in [2.05, 4.69) is 5.32 Å². The van der Waals surface area contributed by atoms with Gasteiger partial charge in [-0.3, -0.25) is 14.9 Å². The molecule has 0 radical (unpaired) electrons. The third-order valence-corrected chi connectivity index (χ3v) is 5.37. The fraction of sp³-hybridized carbons (Fsp3) is 0.333. The van der Waals surface area contributed by atoms with Crippen LogP contribution in [0.15, 0.2) is 36.4 Å². The molecule has 0 aliphatic heterocycles. The third-order valence-electron chi connectivity index (χ3n) is 5.37. The highest BCUT2D eigenvalue weighted by Gasteiger charge is 2.32. The number of hydrogen-bond donors (Lipinski definition) is 2. The topological polar surface area (TPSA) is 110 Å². The number of nitrogens with zero attached hydrogens (tertiary/aromatic N) is 1. The summed E-state index contributed by atoms with van der Waals surface area (Å²) in [6.45, 7) is 0. The van der Waals surface area contributed by atoms with Crippen molar-refractivity contribution < 1.29 is 28.4 Å². The molecule has 0 aromatic heterocycles. The smallest absolute Gasteiger partial charge is 0.326 e. The van der Waals surface area contributed by atoms with Crippen LogP contribution in [0.2, 0.25) is 0 Å². The molecule has 9 heteroatoms. The number of nitro groups is 1. The normalized spacial score (nSPS) is 15.4. The van der Waals surface area contributed by atoms with Crippen LogP contribution in [-0.2, 0) is 4.79 Å². The molecular formula is C21H20F2N2O5. The van der Waals surface area contributed by atoms with Crippen LogP contribution in [0.3, 0.4) is 0 Å². The van der Waals surface area contributed by atoms with Gasteiger partial charge in [0.1, 0.15) is 11.6 Å². The van der Waals surface area contributed by atoms with Gasteiger partial charge >= 0.3 is 5.97 Å². The number of benzene rings is 2. The largest absolute Gasteiger partial charge is 0.480 e. The van der Waals surface area contributed by atoms with Gasteiger partial charge in [0.05, 0.1) is 4.92 Å². The Labute approximate surface area is 170 Å². The van der Waals surface area contributed by atoms with Crippen LogP contribution in [0.4, 0.5) is 14.5 Å². The predicted molar refractivity (Wildman–Crippen MR) is 104 cm³/mol. The Hall–Kier alpha value is -3.36. The van der Waals surface area contributed by atoms with Crippen molar-refractivity contribution in [2.45, 2.75) is 38.1 Å². The summed E-state index contributed by atoms with van der Waals surface area (Å²) in [4.78, 5) is 35.1. The molecular weight excluding hydrogens is 398 g/mol. The molecule has 0 unspecified atom stereocenters. The number of aliphatic carboxylic acids is 1. The molecule has 0 saturated heterocycles. The maximum atomic E-state index is 13.5. The number of hydrogen-bond acceptors (Lipinski definition) is 4. The van der Waals surface area contributed by atoms with Gasteiger partial charge in [0.25, 0.3) is 11.6 Å². The summed E-state index contributed by atoms with van der Waals surface area (Å²) in [5.74, 6) is -4.44. The predicted octanol–water partition coefficient (Wildman–Crippen LogP) is 4.30. The maximum Gasteiger partial charge on any atom is 0.326 e. The van der Waals surface area contributed by atoms with E-state index in [1.807, 2.05) is 0 Å². The van der Waals surface area contributed by atoms with Crippen LogP contribution >= 0.6 is 0 Å². The lowest BCUT2D eigenvalue weighted by Gasteiger charge is -2.28. The number of amides is 1. The van der Waals surface area contributed by atoms with E-state index in [9.17, 15) is 33.6 Å². The van der Waals surface area contributed by atoms with E-state index < -0.39 is 40.2 Å². The second kappa shape index (κ2) is 8.98. The summed E-state index contributed by atoms with van der Waals surface area (Å²) in [6.07, 6.45) is 4.07. The van der Waals surface area contributed by atoms with Crippen LogP contribution in [0.25, 0.3) is 11.1 Å². The highest BCUT2D eigenvalue weighted by atomic mass is 19.2. The zero-order valence-electron chi connectivity index (χ0n) is 15.9. The molecule has 7 nitrogen and oxygen atoms in total. The van der Waals surface area contributed by atoms with Crippen molar-refractivity contribution in [3.8, 4) is 11.1 Å². The minimum atomic E-state index is -1.18. The molecule has 3 rings (SSSR count). The fourth-order valence-electron chi connectivity index (χ4n) is 3.80. The van der Waals surface area contributed by atoms with E-state index in [0.29, 0.717) is 12.8 Å². The molecule has 1 amide bonds. The van der Waals surface area contributed by atoms with Gasteiger partial charge in [-0.2, -0.15) is 0 Å². The quantitative estimate of drug-likeness (QED) is 0.537. The zero-order valence-corrected chi connectivity index (χ0v) is 15.9. The van der Waals surface area contributed by atoms with Gasteiger partial charge in [-0.15, -0.1) is 0 Å². The molecule has 2 N–H and O–H groups in total. The van der Waals surface area contributed by atoms with E-state index in [-0.39, 0.29) is 22.6 Å². The molecule has 158 valence electrons. The maximum absolute atomic E-state index is 13.5. The second-order valence-corrected chi connectivity index (χ2v) is 7.31. The first-order chi connectivity index (χ1) is 14.3. The molecule has 1 aliphatic carbocycles. The summed E-state index contributed by atoms with van der Waals surface area (Å²) in [7, 11) is 0. The SMILES string of the molecule is O=C(N[C@H](C(=O)O)C1CCCCC1)c1ccc(-c2ccc(F)c(F)c2)cc1[N+](=O)[O-]. The highest BCUT2D eigenvalue weighted by molar-refractivity contribution is 6.00. The summed E-state index contributed by atoms with van der Waals surface area (Å²) in [5, 5.41) is 23.5. The lowest BCUT2D eigenvalue weighted by atomic mass is 9.83. The average molecular weight is 418 g/mol. The van der Waals surface area contributed by atoms with Crippen LogP contribution in [0.1, 0.15) is 42.5 Å². The molecule has 0 bridgehead atoms. The van der Waals surface area contributed by atoms with E-state index in [4.69, 9.17) is 0 Å². The summed E-state index contributed by atoms with van der Waals surface area (Å²) in [6, 6.07) is 5.56. The monoisotopic (exact) mass is 418 g/mol. The second-order valence-electron chi connectivity index (χ2n) is 7.31. The molecule has 0 heterocycles. The molecule has 0 spiro atoms. The minimum Gasteiger partial charge on any atom is -0.480 e. The number of halogens is 2. The first-order valence-corrected chi connectivity index (χ1v) is 9.55. The molecule has 1 saturated carbocycles. The van der Waals surface area contributed by atoms with Crippen molar-refractivity contribution in [2.24, 2.45) is 5.92 Å². The first kappa shape index (κ1) is 21.4. The molecule has 2 aromatic rings. The summed E-state index contributed by atoms with van der Waals surface area (Å²) < 4.78 is 26.6. The van der Waals surface area contributed by atoms with Crippen molar-refractivity contribution in [1.82, 2.24) is 5.32 Å². The molecule has 30 heavy (non-hydrogen) atoms. The number of nitro benzene ring substituents is 1. The van der Waals surface area contributed by atoms with E-state index in [1.54, 1.807) is 0 Å². The van der Waals surface area contributed by atoms with Gasteiger partial charge in [0.15, 0.2) is 11.6 Å². The minimum absolute atomic E-state index is 0.203. The van der Waals surface area contributed by atoms with Gasteiger partial charge in [0.2, 0.25) is 0 Å². The van der Waals surface area contributed by atoms with Crippen LogP contribution in [0.5, 0.6) is 0 Å².